The fourth-order valence-corrected chi connectivity index (χ4v) is 4.84. The third kappa shape index (κ3) is 4.35. The van der Waals surface area contributed by atoms with Crippen LogP contribution in [0.15, 0.2) is 57.0 Å². The lowest BCUT2D eigenvalue weighted by Gasteiger charge is -2.14. The Bertz CT molecular complexity index is 1220. The molecule has 4 nitrogen and oxygen atoms in total. The molecule has 0 N–H and O–H groups in total. The molecule has 0 fully saturated rings. The molecule has 0 aliphatic carbocycles. The van der Waals surface area contributed by atoms with E-state index >= 15 is 0 Å². The molecule has 0 radical (unpaired) electrons. The Hall–Kier alpha value is -2.04. The molecule has 2 heterocycles. The first-order valence-corrected chi connectivity index (χ1v) is 11.5. The number of carbonyl (C=O) groups excluding carboxylic acids is 1. The molecule has 0 saturated heterocycles. The molecule has 30 heavy (non-hydrogen) atoms. The predicted molar refractivity (Wildman–Crippen MR) is 120 cm³/mol. The highest BCUT2D eigenvalue weighted by atomic mass is 79.9. The van der Waals surface area contributed by atoms with Crippen molar-refractivity contribution in [1.82, 2.24) is 9.78 Å². The predicted octanol–water partition coefficient (Wildman–Crippen LogP) is 6.20. The molecule has 0 unspecified atom stereocenters. The van der Waals surface area contributed by atoms with Gasteiger partial charge in [0.25, 0.3) is 5.91 Å². The van der Waals surface area contributed by atoms with Crippen molar-refractivity contribution in [3.05, 3.63) is 68.7 Å². The summed E-state index contributed by atoms with van der Waals surface area (Å²) in [5.41, 5.74) is 0.953. The normalized spacial score (nSPS) is 16.0. The molecule has 1 aliphatic heterocycles. The largest absolute Gasteiger partial charge is 0.416 e. The fraction of sp³-hybridized carbons (Fsp3) is 0.150. The first-order chi connectivity index (χ1) is 14.2. The van der Waals surface area contributed by atoms with E-state index in [1.165, 1.54) is 34.3 Å². The number of alkyl halides is 3. The minimum Gasteiger partial charge on any atom is -0.266 e. The Morgan fingerprint density at radius 3 is 2.73 bits per heavy atom. The van der Waals surface area contributed by atoms with E-state index in [1.54, 1.807) is 24.4 Å². The van der Waals surface area contributed by atoms with Gasteiger partial charge in [0.05, 0.1) is 28.7 Å². The summed E-state index contributed by atoms with van der Waals surface area (Å²) in [5.74, 6) is -0.268. The number of thioether (sulfide) groups is 2. The summed E-state index contributed by atoms with van der Waals surface area (Å²) >= 11 is 5.84. The lowest BCUT2D eigenvalue weighted by Crippen LogP contribution is -2.12. The molecule has 154 valence electrons. The smallest absolute Gasteiger partial charge is 0.266 e. The van der Waals surface area contributed by atoms with Crippen LogP contribution in [0.3, 0.4) is 0 Å². The summed E-state index contributed by atoms with van der Waals surface area (Å²) in [6.07, 6.45) is 0.770. The van der Waals surface area contributed by atoms with Gasteiger partial charge in [-0.2, -0.15) is 23.3 Å². The van der Waals surface area contributed by atoms with Gasteiger partial charge in [-0.25, -0.2) is 0 Å². The number of hydrogen-bond donors (Lipinski definition) is 0. The molecular formula is C20H13BrF3N3OS2. The monoisotopic (exact) mass is 511 g/mol. The van der Waals surface area contributed by atoms with E-state index in [9.17, 15) is 18.0 Å². The van der Waals surface area contributed by atoms with Crippen molar-refractivity contribution in [2.24, 2.45) is 4.99 Å². The van der Waals surface area contributed by atoms with E-state index in [-0.39, 0.29) is 18.0 Å². The molecule has 0 spiro atoms. The van der Waals surface area contributed by atoms with Gasteiger partial charge in [-0.05, 0) is 47.7 Å². The summed E-state index contributed by atoms with van der Waals surface area (Å²) < 4.78 is 42.8. The number of rotatable bonds is 3. The summed E-state index contributed by atoms with van der Waals surface area (Å²) in [6.45, 7) is -0.00861. The van der Waals surface area contributed by atoms with Crippen LogP contribution in [-0.4, -0.2) is 26.3 Å². The molecule has 2 aromatic carbocycles. The Kier molecular flexibility index (Phi) is 5.82. The van der Waals surface area contributed by atoms with Crippen molar-refractivity contribution in [3.63, 3.8) is 0 Å². The highest BCUT2D eigenvalue weighted by Crippen LogP contribution is 2.35. The minimum atomic E-state index is -4.45. The zero-order valence-electron chi connectivity index (χ0n) is 15.4. The number of carbonyl (C=O) groups is 1. The Morgan fingerprint density at radius 2 is 2.03 bits per heavy atom. The molecule has 1 amide bonds. The second-order valence-electron chi connectivity index (χ2n) is 6.42. The van der Waals surface area contributed by atoms with Crippen LogP contribution in [0.4, 0.5) is 13.2 Å². The van der Waals surface area contributed by atoms with E-state index < -0.39 is 11.7 Å². The van der Waals surface area contributed by atoms with Gasteiger partial charge in [0.2, 0.25) is 0 Å². The van der Waals surface area contributed by atoms with Gasteiger partial charge in [0, 0.05) is 9.86 Å². The van der Waals surface area contributed by atoms with Gasteiger partial charge in [-0.3, -0.25) is 9.48 Å². The molecule has 1 aromatic heterocycles. The van der Waals surface area contributed by atoms with Crippen molar-refractivity contribution >= 4 is 66.7 Å². The Balaban J connectivity index is 1.64. The van der Waals surface area contributed by atoms with Crippen LogP contribution >= 0.6 is 39.5 Å². The maximum absolute atomic E-state index is 13.4. The Labute approximate surface area is 186 Å². The van der Waals surface area contributed by atoms with Gasteiger partial charge in [0.1, 0.15) is 4.38 Å². The van der Waals surface area contributed by atoms with Crippen LogP contribution in [0.1, 0.15) is 16.7 Å². The number of hydrogen-bond acceptors (Lipinski definition) is 4. The summed E-state index contributed by atoms with van der Waals surface area (Å²) in [4.78, 5) is 16.4. The molecule has 3 aromatic rings. The van der Waals surface area contributed by atoms with Crippen LogP contribution in [0.5, 0.6) is 0 Å². The topological polar surface area (TPSA) is 47.2 Å². The van der Waals surface area contributed by atoms with Crippen molar-refractivity contribution in [2.45, 2.75) is 12.7 Å². The first kappa shape index (κ1) is 21.2. The summed E-state index contributed by atoms with van der Waals surface area (Å²) in [5, 5.41) is 5.04. The maximum Gasteiger partial charge on any atom is 0.416 e. The molecule has 10 heteroatoms. The number of aromatic nitrogens is 2. The standard InChI is InChI=1S/C20H13BrF3N3OS2/c1-29-19-26-18(28)17(30-19)7-11-2-5-16-13(6-11)9-25-27(16)10-12-3-4-14(21)8-15(12)20(22,23)24/h2-9H,10H2,1H3. The van der Waals surface area contributed by atoms with E-state index in [1.807, 2.05) is 18.4 Å². The second-order valence-corrected chi connectivity index (χ2v) is 9.42. The van der Waals surface area contributed by atoms with Gasteiger partial charge >= 0.3 is 6.18 Å². The van der Waals surface area contributed by atoms with Crippen LogP contribution in [0, 0.1) is 0 Å². The number of amides is 1. The maximum atomic E-state index is 13.4. The minimum absolute atomic E-state index is 0.00861. The molecule has 0 saturated carbocycles. The highest BCUT2D eigenvalue weighted by molar-refractivity contribution is 9.10. The van der Waals surface area contributed by atoms with Crippen molar-refractivity contribution < 1.29 is 18.0 Å². The molecular weight excluding hydrogens is 499 g/mol. The van der Waals surface area contributed by atoms with Crippen LogP contribution in [0.2, 0.25) is 0 Å². The first-order valence-electron chi connectivity index (χ1n) is 8.62. The summed E-state index contributed by atoms with van der Waals surface area (Å²) in [6, 6.07) is 9.56. The average Bonchev–Trinajstić information content (AvgIpc) is 3.25. The number of fused-ring (bicyclic) bond motifs is 1. The number of nitrogens with zero attached hydrogens (tertiary/aromatic N) is 3. The van der Waals surface area contributed by atoms with Crippen LogP contribution in [-0.2, 0) is 17.5 Å². The molecule has 0 bridgehead atoms. The number of aliphatic imine (C=N–C) groups is 1. The van der Waals surface area contributed by atoms with Crippen molar-refractivity contribution in [2.75, 3.05) is 6.26 Å². The molecule has 4 rings (SSSR count). The Morgan fingerprint density at radius 1 is 1.23 bits per heavy atom. The zero-order chi connectivity index (χ0) is 21.5. The van der Waals surface area contributed by atoms with Crippen molar-refractivity contribution in [1.29, 1.82) is 0 Å². The average molecular weight is 512 g/mol. The lowest BCUT2D eigenvalue weighted by atomic mass is 10.1. The van der Waals surface area contributed by atoms with Gasteiger partial charge in [0.15, 0.2) is 0 Å². The van der Waals surface area contributed by atoms with Gasteiger partial charge in [-0.15, -0.1) is 11.8 Å². The van der Waals surface area contributed by atoms with Gasteiger partial charge in [-0.1, -0.05) is 39.8 Å². The highest BCUT2D eigenvalue weighted by Gasteiger charge is 2.33. The SMILES string of the molecule is CSC1=NC(=O)C(=Cc2ccc3c(cnn3Cc3ccc(Br)cc3C(F)(F)F)c2)S1. The van der Waals surface area contributed by atoms with Crippen LogP contribution in [0.25, 0.3) is 17.0 Å². The van der Waals surface area contributed by atoms with Crippen LogP contribution < -0.4 is 0 Å². The third-order valence-electron chi connectivity index (χ3n) is 4.44. The van der Waals surface area contributed by atoms with E-state index in [0.717, 1.165) is 17.0 Å². The number of halogens is 4. The van der Waals surface area contributed by atoms with E-state index in [4.69, 9.17) is 0 Å². The quantitative estimate of drug-likeness (QED) is 0.392. The molecule has 1 aliphatic rings. The summed E-state index contributed by atoms with van der Waals surface area (Å²) in [7, 11) is 0. The number of benzene rings is 2. The second kappa shape index (κ2) is 8.24. The fourth-order valence-electron chi connectivity index (χ4n) is 3.06. The molecule has 0 atom stereocenters. The van der Waals surface area contributed by atoms with Gasteiger partial charge < -0.3 is 0 Å². The third-order valence-corrected chi connectivity index (χ3v) is 6.90. The lowest BCUT2D eigenvalue weighted by molar-refractivity contribution is -0.138. The van der Waals surface area contributed by atoms with E-state index in [2.05, 4.69) is 26.0 Å². The van der Waals surface area contributed by atoms with Crippen molar-refractivity contribution in [3.8, 4) is 0 Å². The van der Waals surface area contributed by atoms with E-state index in [0.29, 0.717) is 19.3 Å². The zero-order valence-corrected chi connectivity index (χ0v) is 18.6.